The first kappa shape index (κ1) is 12.2. The molecule has 0 amide bonds. The van der Waals surface area contributed by atoms with Crippen molar-refractivity contribution in [3.63, 3.8) is 0 Å². The number of thiazole rings is 1. The molecule has 1 heterocycles. The lowest BCUT2D eigenvalue weighted by Gasteiger charge is -2.28. The molecule has 0 aromatic carbocycles. The topological polar surface area (TPSA) is 12.9 Å². The maximum absolute atomic E-state index is 4.54. The van der Waals surface area contributed by atoms with Crippen molar-refractivity contribution < 1.29 is 0 Å². The molecule has 14 heavy (non-hydrogen) atoms. The number of hydrogen-bond donors (Lipinski definition) is 0. The van der Waals surface area contributed by atoms with Gasteiger partial charge in [0.25, 0.3) is 0 Å². The molecule has 0 N–H and O–H groups in total. The van der Waals surface area contributed by atoms with Gasteiger partial charge in [-0.15, -0.1) is 11.3 Å². The minimum absolute atomic E-state index is 0.407. The van der Waals surface area contributed by atoms with Gasteiger partial charge in [0.15, 0.2) is 0 Å². The fourth-order valence-electron chi connectivity index (χ4n) is 1.54. The van der Waals surface area contributed by atoms with Gasteiger partial charge in [0, 0.05) is 22.8 Å². The fourth-order valence-corrected chi connectivity index (χ4v) is 3.48. The van der Waals surface area contributed by atoms with Crippen LogP contribution in [0.25, 0.3) is 0 Å². The maximum atomic E-state index is 4.54. The quantitative estimate of drug-likeness (QED) is 0.735. The van der Waals surface area contributed by atoms with E-state index in [9.17, 15) is 0 Å². The van der Waals surface area contributed by atoms with Crippen molar-refractivity contribution in [1.82, 2.24) is 4.98 Å². The standard InChI is InChI=1S/C11H18BrNS/c1-4-11(5-2,8-12)6-10-13-9(3)7-14-10/h7H,4-6,8H2,1-3H3. The first-order chi connectivity index (χ1) is 6.65. The molecule has 0 fully saturated rings. The molecule has 0 saturated carbocycles. The molecule has 0 aliphatic rings. The molecule has 0 radical (unpaired) electrons. The monoisotopic (exact) mass is 275 g/mol. The Hall–Kier alpha value is 0.110. The molecule has 80 valence electrons. The van der Waals surface area contributed by atoms with Crippen LogP contribution in [-0.4, -0.2) is 10.3 Å². The van der Waals surface area contributed by atoms with Crippen LogP contribution in [0.15, 0.2) is 5.38 Å². The van der Waals surface area contributed by atoms with E-state index in [4.69, 9.17) is 0 Å². The molecule has 1 aromatic heterocycles. The van der Waals surface area contributed by atoms with Crippen molar-refractivity contribution in [3.8, 4) is 0 Å². The van der Waals surface area contributed by atoms with Crippen LogP contribution in [0, 0.1) is 12.3 Å². The predicted molar refractivity (Wildman–Crippen MR) is 67.4 cm³/mol. The second kappa shape index (κ2) is 5.26. The number of aromatic nitrogens is 1. The highest BCUT2D eigenvalue weighted by atomic mass is 79.9. The lowest BCUT2D eigenvalue weighted by atomic mass is 9.82. The predicted octanol–water partition coefficient (Wildman–Crippen LogP) is 4.20. The Kier molecular flexibility index (Phi) is 4.58. The van der Waals surface area contributed by atoms with E-state index < -0.39 is 0 Å². The first-order valence-corrected chi connectivity index (χ1v) is 7.13. The number of alkyl halides is 1. The molecule has 1 aromatic rings. The summed E-state index contributed by atoms with van der Waals surface area (Å²) in [5.41, 5.74) is 1.56. The molecule has 0 unspecified atom stereocenters. The minimum atomic E-state index is 0.407. The smallest absolute Gasteiger partial charge is 0.0933 e. The van der Waals surface area contributed by atoms with E-state index >= 15 is 0 Å². The summed E-state index contributed by atoms with van der Waals surface area (Å²) in [7, 11) is 0. The Morgan fingerprint density at radius 3 is 2.43 bits per heavy atom. The summed E-state index contributed by atoms with van der Waals surface area (Å²) in [5.74, 6) is 0. The van der Waals surface area contributed by atoms with Crippen LogP contribution in [0.4, 0.5) is 0 Å². The van der Waals surface area contributed by atoms with Crippen LogP contribution >= 0.6 is 27.3 Å². The van der Waals surface area contributed by atoms with Crippen LogP contribution in [-0.2, 0) is 6.42 Å². The number of rotatable bonds is 5. The SMILES string of the molecule is CCC(CC)(CBr)Cc1nc(C)cs1. The van der Waals surface area contributed by atoms with Gasteiger partial charge in [0.2, 0.25) is 0 Å². The van der Waals surface area contributed by atoms with E-state index in [0.717, 1.165) is 17.4 Å². The summed E-state index contributed by atoms with van der Waals surface area (Å²) >= 11 is 5.43. The normalized spacial score (nSPS) is 12.0. The zero-order valence-corrected chi connectivity index (χ0v) is 11.5. The molecule has 0 aliphatic carbocycles. The third-order valence-electron chi connectivity index (χ3n) is 2.98. The maximum Gasteiger partial charge on any atom is 0.0933 e. The van der Waals surface area contributed by atoms with Crippen molar-refractivity contribution in [2.45, 2.75) is 40.0 Å². The van der Waals surface area contributed by atoms with Gasteiger partial charge in [-0.25, -0.2) is 4.98 Å². The summed E-state index contributed by atoms with van der Waals surface area (Å²) in [6, 6.07) is 0. The van der Waals surface area contributed by atoms with Crippen molar-refractivity contribution in [2.24, 2.45) is 5.41 Å². The van der Waals surface area contributed by atoms with E-state index in [0.29, 0.717) is 5.41 Å². The van der Waals surface area contributed by atoms with E-state index in [1.807, 2.05) is 0 Å². The molecule has 0 saturated heterocycles. The lowest BCUT2D eigenvalue weighted by molar-refractivity contribution is 0.306. The highest BCUT2D eigenvalue weighted by Crippen LogP contribution is 2.33. The average molecular weight is 276 g/mol. The van der Waals surface area contributed by atoms with Crippen LogP contribution < -0.4 is 0 Å². The Balaban J connectivity index is 2.73. The van der Waals surface area contributed by atoms with Gasteiger partial charge in [0.1, 0.15) is 0 Å². The number of aryl methyl sites for hydroxylation is 1. The Morgan fingerprint density at radius 2 is 2.07 bits per heavy atom. The molecule has 0 bridgehead atoms. The number of halogens is 1. The van der Waals surface area contributed by atoms with Gasteiger partial charge in [0.05, 0.1) is 5.01 Å². The summed E-state index contributed by atoms with van der Waals surface area (Å²) in [4.78, 5) is 4.54. The highest BCUT2D eigenvalue weighted by molar-refractivity contribution is 9.09. The van der Waals surface area contributed by atoms with Crippen molar-refractivity contribution >= 4 is 27.3 Å². The van der Waals surface area contributed by atoms with Crippen molar-refractivity contribution in [2.75, 3.05) is 5.33 Å². The van der Waals surface area contributed by atoms with Gasteiger partial charge in [-0.2, -0.15) is 0 Å². The average Bonchev–Trinajstić information content (AvgIpc) is 2.61. The van der Waals surface area contributed by atoms with Gasteiger partial charge in [-0.05, 0) is 25.2 Å². The largest absolute Gasteiger partial charge is 0.247 e. The van der Waals surface area contributed by atoms with E-state index in [2.05, 4.69) is 47.1 Å². The zero-order valence-electron chi connectivity index (χ0n) is 9.14. The molecule has 0 atom stereocenters. The second-order valence-corrected chi connectivity index (χ2v) is 5.40. The van der Waals surface area contributed by atoms with Crippen molar-refractivity contribution in [1.29, 1.82) is 0 Å². The van der Waals surface area contributed by atoms with E-state index in [-0.39, 0.29) is 0 Å². The third kappa shape index (κ3) is 2.80. The van der Waals surface area contributed by atoms with Crippen LogP contribution in [0.5, 0.6) is 0 Å². The summed E-state index contributed by atoms with van der Waals surface area (Å²) < 4.78 is 0. The molecule has 3 heteroatoms. The van der Waals surface area contributed by atoms with E-state index in [1.54, 1.807) is 11.3 Å². The highest BCUT2D eigenvalue weighted by Gasteiger charge is 2.26. The molecular formula is C11H18BrNS. The van der Waals surface area contributed by atoms with Crippen LogP contribution in [0.2, 0.25) is 0 Å². The van der Waals surface area contributed by atoms with Gasteiger partial charge < -0.3 is 0 Å². The fraction of sp³-hybridized carbons (Fsp3) is 0.727. The Labute approximate surface area is 99.1 Å². The zero-order chi connectivity index (χ0) is 10.6. The van der Waals surface area contributed by atoms with Crippen molar-refractivity contribution in [3.05, 3.63) is 16.1 Å². The molecule has 0 aliphatic heterocycles. The number of nitrogens with zero attached hydrogens (tertiary/aromatic N) is 1. The van der Waals surface area contributed by atoms with Gasteiger partial charge in [-0.1, -0.05) is 29.8 Å². The summed E-state index contributed by atoms with van der Waals surface area (Å²) in [6.45, 7) is 6.60. The van der Waals surface area contributed by atoms with E-state index in [1.165, 1.54) is 17.8 Å². The summed E-state index contributed by atoms with van der Waals surface area (Å²) in [5, 5.41) is 4.50. The Bertz CT molecular complexity index is 270. The Morgan fingerprint density at radius 1 is 1.43 bits per heavy atom. The second-order valence-electron chi connectivity index (χ2n) is 3.90. The molecule has 1 nitrogen and oxygen atoms in total. The van der Waals surface area contributed by atoms with Gasteiger partial charge in [-0.3, -0.25) is 0 Å². The minimum Gasteiger partial charge on any atom is -0.247 e. The summed E-state index contributed by atoms with van der Waals surface area (Å²) in [6.07, 6.45) is 3.55. The number of hydrogen-bond acceptors (Lipinski definition) is 2. The molecule has 0 spiro atoms. The van der Waals surface area contributed by atoms with Gasteiger partial charge >= 0.3 is 0 Å². The molecular weight excluding hydrogens is 258 g/mol. The third-order valence-corrected chi connectivity index (χ3v) is 5.13. The van der Waals surface area contributed by atoms with Crippen LogP contribution in [0.1, 0.15) is 37.4 Å². The first-order valence-electron chi connectivity index (χ1n) is 5.12. The van der Waals surface area contributed by atoms with Crippen LogP contribution in [0.3, 0.4) is 0 Å². The lowest BCUT2D eigenvalue weighted by Crippen LogP contribution is -2.23. The molecule has 1 rings (SSSR count).